The van der Waals surface area contributed by atoms with Crippen LogP contribution in [0, 0.1) is 0 Å². The third-order valence-corrected chi connectivity index (χ3v) is 4.71. The Hall–Kier alpha value is -1.95. The van der Waals surface area contributed by atoms with E-state index in [9.17, 15) is 0 Å². The monoisotopic (exact) mass is 346 g/mol. The average molecular weight is 346 g/mol. The van der Waals surface area contributed by atoms with Gasteiger partial charge < -0.3 is 20.1 Å². The van der Waals surface area contributed by atoms with Crippen LogP contribution in [0.1, 0.15) is 32.3 Å². The van der Waals surface area contributed by atoms with Gasteiger partial charge in [0, 0.05) is 38.8 Å². The highest BCUT2D eigenvalue weighted by Crippen LogP contribution is 2.32. The molecule has 0 aromatic heterocycles. The minimum absolute atomic E-state index is 0.321. The second kappa shape index (κ2) is 8.43. The molecule has 0 atom stereocenters. The summed E-state index contributed by atoms with van der Waals surface area (Å²) in [4.78, 5) is 6.89. The number of hydrogen-bond donors (Lipinski definition) is 2. The van der Waals surface area contributed by atoms with Gasteiger partial charge in [0.05, 0.1) is 0 Å². The third kappa shape index (κ3) is 5.01. The molecule has 138 valence electrons. The molecular weight excluding hydrogens is 316 g/mol. The number of guanidine groups is 1. The molecule has 2 aliphatic rings. The SMILES string of the molecule is CN=C(NCCc1ccc2c(c1)OCO2)NCCN(C(C)C)C1CC1. The fourth-order valence-corrected chi connectivity index (χ4v) is 3.21. The lowest BCUT2D eigenvalue weighted by Gasteiger charge is -2.26. The molecule has 1 fully saturated rings. The first kappa shape index (κ1) is 17.9. The molecule has 0 amide bonds. The largest absolute Gasteiger partial charge is 0.454 e. The summed E-state index contributed by atoms with van der Waals surface area (Å²) in [6.07, 6.45) is 3.61. The molecule has 0 radical (unpaired) electrons. The molecule has 0 saturated heterocycles. The average Bonchev–Trinajstić information content (AvgIpc) is 3.33. The molecule has 3 rings (SSSR count). The number of aliphatic imine (C=N–C) groups is 1. The van der Waals surface area contributed by atoms with Crippen molar-refractivity contribution in [2.45, 2.75) is 45.2 Å². The maximum absolute atomic E-state index is 5.42. The molecule has 25 heavy (non-hydrogen) atoms. The summed E-state index contributed by atoms with van der Waals surface area (Å²) in [7, 11) is 1.82. The van der Waals surface area contributed by atoms with Gasteiger partial charge in [-0.25, -0.2) is 0 Å². The fraction of sp³-hybridized carbons (Fsp3) is 0.632. The first-order chi connectivity index (χ1) is 12.2. The van der Waals surface area contributed by atoms with Crippen molar-refractivity contribution in [3.05, 3.63) is 23.8 Å². The normalized spacial score (nSPS) is 16.6. The standard InChI is InChI=1S/C19H30N4O2/c1-14(2)23(16-5-6-16)11-10-22-19(20-3)21-9-8-15-4-7-17-18(12-15)25-13-24-17/h4,7,12,14,16H,5-6,8-11,13H2,1-3H3,(H2,20,21,22). The number of ether oxygens (including phenoxy) is 2. The van der Waals surface area contributed by atoms with Crippen molar-refractivity contribution in [2.75, 3.05) is 33.5 Å². The first-order valence-electron chi connectivity index (χ1n) is 9.26. The molecule has 0 unspecified atom stereocenters. The number of nitrogens with one attached hydrogen (secondary N) is 2. The quantitative estimate of drug-likeness (QED) is 0.557. The van der Waals surface area contributed by atoms with Crippen LogP contribution in [0.25, 0.3) is 0 Å². The Morgan fingerprint density at radius 1 is 1.20 bits per heavy atom. The predicted molar refractivity (Wildman–Crippen MR) is 100 cm³/mol. The molecule has 0 bridgehead atoms. The predicted octanol–water partition coefficient (Wildman–Crippen LogP) is 2.00. The molecule has 2 N–H and O–H groups in total. The van der Waals surface area contributed by atoms with Gasteiger partial charge in [-0.05, 0) is 50.8 Å². The summed E-state index contributed by atoms with van der Waals surface area (Å²) in [6.45, 7) is 7.68. The zero-order valence-electron chi connectivity index (χ0n) is 15.5. The van der Waals surface area contributed by atoms with Crippen molar-refractivity contribution in [3.63, 3.8) is 0 Å². The van der Waals surface area contributed by atoms with Gasteiger partial charge >= 0.3 is 0 Å². The maximum Gasteiger partial charge on any atom is 0.231 e. The minimum atomic E-state index is 0.321. The molecule has 6 nitrogen and oxygen atoms in total. The lowest BCUT2D eigenvalue weighted by atomic mass is 10.1. The lowest BCUT2D eigenvalue weighted by molar-refractivity contribution is 0.174. The van der Waals surface area contributed by atoms with E-state index in [1.807, 2.05) is 13.1 Å². The molecule has 1 heterocycles. The van der Waals surface area contributed by atoms with Crippen molar-refractivity contribution in [1.82, 2.24) is 15.5 Å². The Morgan fingerprint density at radius 3 is 2.68 bits per heavy atom. The van der Waals surface area contributed by atoms with Gasteiger partial charge in [0.2, 0.25) is 6.79 Å². The molecule has 6 heteroatoms. The molecule has 1 aromatic rings. The highest BCUT2D eigenvalue weighted by Gasteiger charge is 2.30. The lowest BCUT2D eigenvalue weighted by Crippen LogP contribution is -2.44. The van der Waals surface area contributed by atoms with E-state index in [1.54, 1.807) is 0 Å². The summed E-state index contributed by atoms with van der Waals surface area (Å²) in [5.74, 6) is 2.54. The number of hydrogen-bond acceptors (Lipinski definition) is 4. The summed E-state index contributed by atoms with van der Waals surface area (Å²) in [5.41, 5.74) is 1.23. The van der Waals surface area contributed by atoms with Crippen LogP contribution in [0.15, 0.2) is 23.2 Å². The van der Waals surface area contributed by atoms with Crippen LogP contribution >= 0.6 is 0 Å². The Labute approximate surface area is 150 Å². The third-order valence-electron chi connectivity index (χ3n) is 4.71. The van der Waals surface area contributed by atoms with E-state index in [1.165, 1.54) is 18.4 Å². The number of fused-ring (bicyclic) bond motifs is 1. The van der Waals surface area contributed by atoms with E-state index in [2.05, 4.69) is 46.5 Å². The molecule has 1 saturated carbocycles. The van der Waals surface area contributed by atoms with Crippen molar-refractivity contribution >= 4 is 5.96 Å². The number of benzene rings is 1. The van der Waals surface area contributed by atoms with Crippen LogP contribution in [-0.4, -0.2) is 56.4 Å². The maximum atomic E-state index is 5.42. The molecule has 1 aliphatic carbocycles. The van der Waals surface area contributed by atoms with Gasteiger partial charge in [-0.2, -0.15) is 0 Å². The van der Waals surface area contributed by atoms with Crippen LogP contribution in [-0.2, 0) is 6.42 Å². The van der Waals surface area contributed by atoms with Crippen molar-refractivity contribution < 1.29 is 9.47 Å². The van der Waals surface area contributed by atoms with Crippen LogP contribution in [0.2, 0.25) is 0 Å². The van der Waals surface area contributed by atoms with Gasteiger partial charge in [-0.3, -0.25) is 9.89 Å². The second-order valence-electron chi connectivity index (χ2n) is 6.93. The van der Waals surface area contributed by atoms with Gasteiger partial charge in [-0.1, -0.05) is 6.07 Å². The molecule has 1 aliphatic heterocycles. The van der Waals surface area contributed by atoms with E-state index in [0.717, 1.165) is 49.6 Å². The van der Waals surface area contributed by atoms with Crippen LogP contribution in [0.5, 0.6) is 11.5 Å². The van der Waals surface area contributed by atoms with Crippen molar-refractivity contribution in [3.8, 4) is 11.5 Å². The van der Waals surface area contributed by atoms with E-state index in [0.29, 0.717) is 12.8 Å². The summed E-state index contributed by atoms with van der Waals surface area (Å²) in [5, 5.41) is 6.80. The van der Waals surface area contributed by atoms with Crippen LogP contribution in [0.3, 0.4) is 0 Å². The number of rotatable bonds is 8. The zero-order valence-corrected chi connectivity index (χ0v) is 15.5. The zero-order chi connectivity index (χ0) is 17.6. The summed E-state index contributed by atoms with van der Waals surface area (Å²) in [6, 6.07) is 7.51. The van der Waals surface area contributed by atoms with E-state index < -0.39 is 0 Å². The van der Waals surface area contributed by atoms with Gasteiger partial charge in [0.25, 0.3) is 0 Å². The topological polar surface area (TPSA) is 58.1 Å². The Balaban J connectivity index is 1.37. The van der Waals surface area contributed by atoms with Gasteiger partial charge in [-0.15, -0.1) is 0 Å². The molecular formula is C19H30N4O2. The smallest absolute Gasteiger partial charge is 0.231 e. The van der Waals surface area contributed by atoms with Crippen LogP contribution in [0.4, 0.5) is 0 Å². The van der Waals surface area contributed by atoms with E-state index >= 15 is 0 Å². The van der Waals surface area contributed by atoms with Crippen LogP contribution < -0.4 is 20.1 Å². The van der Waals surface area contributed by atoms with E-state index in [4.69, 9.17) is 9.47 Å². The van der Waals surface area contributed by atoms with Gasteiger partial charge in [0.1, 0.15) is 0 Å². The Morgan fingerprint density at radius 2 is 1.96 bits per heavy atom. The van der Waals surface area contributed by atoms with E-state index in [-0.39, 0.29) is 0 Å². The number of nitrogens with zero attached hydrogens (tertiary/aromatic N) is 2. The molecule has 1 aromatic carbocycles. The second-order valence-corrected chi connectivity index (χ2v) is 6.93. The Bertz CT molecular complexity index is 597. The summed E-state index contributed by atoms with van der Waals surface area (Å²) < 4.78 is 10.8. The summed E-state index contributed by atoms with van der Waals surface area (Å²) >= 11 is 0. The van der Waals surface area contributed by atoms with Gasteiger partial charge in [0.15, 0.2) is 17.5 Å². The minimum Gasteiger partial charge on any atom is -0.454 e. The highest BCUT2D eigenvalue weighted by atomic mass is 16.7. The Kier molecular flexibility index (Phi) is 6.02. The van der Waals surface area contributed by atoms with Crippen molar-refractivity contribution in [1.29, 1.82) is 0 Å². The van der Waals surface area contributed by atoms with Crippen molar-refractivity contribution in [2.24, 2.45) is 4.99 Å². The first-order valence-corrected chi connectivity index (χ1v) is 9.26. The fourth-order valence-electron chi connectivity index (χ4n) is 3.21. The molecule has 0 spiro atoms. The highest BCUT2D eigenvalue weighted by molar-refractivity contribution is 5.79.